The molecule has 0 spiro atoms. The fourth-order valence-corrected chi connectivity index (χ4v) is 2.60. The summed E-state index contributed by atoms with van der Waals surface area (Å²) in [5, 5.41) is 16.7. The second-order valence-electron chi connectivity index (χ2n) is 6.26. The Bertz CT molecular complexity index is 960. The number of benzene rings is 1. The van der Waals surface area contributed by atoms with Crippen molar-refractivity contribution in [3.63, 3.8) is 0 Å². The molecule has 0 unspecified atom stereocenters. The molecule has 0 saturated heterocycles. The normalized spacial score (nSPS) is 12.9. The number of alkyl halides is 3. The lowest BCUT2D eigenvalue weighted by atomic mass is 10.0. The van der Waals surface area contributed by atoms with Crippen LogP contribution in [0.15, 0.2) is 47.9 Å². The number of fused-ring (bicyclic) bond motifs is 1. The van der Waals surface area contributed by atoms with Gasteiger partial charge in [0.1, 0.15) is 5.52 Å². The van der Waals surface area contributed by atoms with Crippen LogP contribution >= 0.6 is 0 Å². The average Bonchev–Trinajstić information content (AvgIpc) is 3.00. The number of aromatic nitrogens is 3. The Morgan fingerprint density at radius 3 is 2.62 bits per heavy atom. The lowest BCUT2D eigenvalue weighted by Crippen LogP contribution is -2.17. The zero-order valence-corrected chi connectivity index (χ0v) is 14.2. The van der Waals surface area contributed by atoms with Crippen LogP contribution in [0.25, 0.3) is 22.2 Å². The van der Waals surface area contributed by atoms with Gasteiger partial charge in [-0.1, -0.05) is 31.1 Å². The zero-order chi connectivity index (χ0) is 18.9. The van der Waals surface area contributed by atoms with Gasteiger partial charge in [0.05, 0.1) is 29.5 Å². The molecule has 136 valence electrons. The van der Waals surface area contributed by atoms with E-state index in [4.69, 9.17) is 5.21 Å². The zero-order valence-electron chi connectivity index (χ0n) is 14.2. The van der Waals surface area contributed by atoms with Gasteiger partial charge in [0, 0.05) is 11.8 Å². The van der Waals surface area contributed by atoms with Crippen molar-refractivity contribution in [1.82, 2.24) is 14.8 Å². The molecule has 1 N–H and O–H groups in total. The second kappa shape index (κ2) is 6.78. The Morgan fingerprint density at radius 1 is 1.19 bits per heavy atom. The third-order valence-corrected chi connectivity index (χ3v) is 4.12. The first-order chi connectivity index (χ1) is 12.3. The Morgan fingerprint density at radius 2 is 1.96 bits per heavy atom. The van der Waals surface area contributed by atoms with Crippen LogP contribution in [0.4, 0.5) is 13.2 Å². The van der Waals surface area contributed by atoms with E-state index in [1.54, 1.807) is 23.0 Å². The van der Waals surface area contributed by atoms with Crippen LogP contribution in [0.1, 0.15) is 19.4 Å². The molecule has 8 heteroatoms. The molecule has 0 saturated carbocycles. The summed E-state index contributed by atoms with van der Waals surface area (Å²) in [4.78, 5) is 4.28. The number of oxime groups is 1. The van der Waals surface area contributed by atoms with E-state index in [9.17, 15) is 13.2 Å². The summed E-state index contributed by atoms with van der Waals surface area (Å²) in [6, 6.07) is 6.84. The van der Waals surface area contributed by atoms with Crippen LogP contribution in [0.2, 0.25) is 0 Å². The second-order valence-corrected chi connectivity index (χ2v) is 6.26. The van der Waals surface area contributed by atoms with E-state index < -0.39 is 11.7 Å². The molecule has 0 atom stereocenters. The number of hydrogen-bond acceptors (Lipinski definition) is 4. The molecule has 0 fully saturated rings. The van der Waals surface area contributed by atoms with E-state index in [1.165, 1.54) is 12.3 Å². The molecule has 0 aliphatic heterocycles. The van der Waals surface area contributed by atoms with Gasteiger partial charge < -0.3 is 5.21 Å². The maximum Gasteiger partial charge on any atom is 0.416 e. The van der Waals surface area contributed by atoms with Gasteiger partial charge in [-0.3, -0.25) is 9.67 Å². The molecule has 2 heterocycles. The summed E-state index contributed by atoms with van der Waals surface area (Å²) in [5.74, 6) is 0.0267. The van der Waals surface area contributed by atoms with Gasteiger partial charge in [0.25, 0.3) is 0 Å². The molecular formula is C18H17F3N4O. The molecule has 0 aliphatic carbocycles. The average molecular weight is 362 g/mol. The minimum Gasteiger partial charge on any atom is -0.411 e. The highest BCUT2D eigenvalue weighted by Crippen LogP contribution is 2.32. The topological polar surface area (TPSA) is 63.3 Å². The van der Waals surface area contributed by atoms with Crippen LogP contribution in [-0.2, 0) is 12.7 Å². The van der Waals surface area contributed by atoms with Gasteiger partial charge in [-0.25, -0.2) is 0 Å². The number of pyridine rings is 1. The molecular weight excluding hydrogens is 345 g/mol. The summed E-state index contributed by atoms with van der Waals surface area (Å²) in [6.07, 6.45) is -1.31. The van der Waals surface area contributed by atoms with Crippen molar-refractivity contribution < 1.29 is 18.4 Å². The summed E-state index contributed by atoms with van der Waals surface area (Å²) in [7, 11) is 0. The Hall–Kier alpha value is -2.90. The lowest BCUT2D eigenvalue weighted by Gasteiger charge is -2.10. The maximum atomic E-state index is 12.9. The van der Waals surface area contributed by atoms with E-state index in [1.807, 2.05) is 13.8 Å². The summed E-state index contributed by atoms with van der Waals surface area (Å²) in [6.45, 7) is 4.06. The first kappa shape index (κ1) is 17.9. The van der Waals surface area contributed by atoms with Crippen molar-refractivity contribution >= 4 is 16.7 Å². The van der Waals surface area contributed by atoms with Crippen LogP contribution < -0.4 is 0 Å². The van der Waals surface area contributed by atoms with Gasteiger partial charge in [0.2, 0.25) is 0 Å². The predicted molar refractivity (Wildman–Crippen MR) is 92.0 cm³/mol. The fourth-order valence-electron chi connectivity index (χ4n) is 2.60. The highest BCUT2D eigenvalue weighted by Gasteiger charge is 2.30. The molecule has 1 aromatic carbocycles. The molecule has 3 aromatic rings. The third-order valence-electron chi connectivity index (χ3n) is 4.12. The van der Waals surface area contributed by atoms with Gasteiger partial charge in [-0.2, -0.15) is 18.3 Å². The van der Waals surface area contributed by atoms with E-state index in [0.717, 1.165) is 12.1 Å². The molecule has 0 amide bonds. The smallest absolute Gasteiger partial charge is 0.411 e. The van der Waals surface area contributed by atoms with Crippen molar-refractivity contribution in [2.75, 3.05) is 0 Å². The first-order valence-corrected chi connectivity index (χ1v) is 7.99. The third kappa shape index (κ3) is 3.54. The molecule has 0 bridgehead atoms. The first-order valence-electron chi connectivity index (χ1n) is 7.99. The summed E-state index contributed by atoms with van der Waals surface area (Å²) in [5.41, 5.74) is 2.07. The molecule has 0 radical (unpaired) electrons. The molecule has 26 heavy (non-hydrogen) atoms. The summed E-state index contributed by atoms with van der Waals surface area (Å²) < 4.78 is 40.4. The van der Waals surface area contributed by atoms with E-state index in [0.29, 0.717) is 27.9 Å². The van der Waals surface area contributed by atoms with Crippen molar-refractivity contribution in [3.8, 4) is 11.1 Å². The van der Waals surface area contributed by atoms with Crippen molar-refractivity contribution in [1.29, 1.82) is 0 Å². The minimum absolute atomic E-state index is 0.0267. The fraction of sp³-hybridized carbons (Fsp3) is 0.278. The van der Waals surface area contributed by atoms with Gasteiger partial charge in [-0.05, 0) is 29.7 Å². The largest absolute Gasteiger partial charge is 0.416 e. The highest BCUT2D eigenvalue weighted by molar-refractivity contribution is 5.87. The Labute approximate surface area is 147 Å². The van der Waals surface area contributed by atoms with Crippen LogP contribution in [0.5, 0.6) is 0 Å². The maximum absolute atomic E-state index is 12.9. The quantitative estimate of drug-likeness (QED) is 0.419. The minimum atomic E-state index is -4.40. The van der Waals surface area contributed by atoms with E-state index in [2.05, 4.69) is 15.2 Å². The standard InChI is InChI=1S/C18H17F3N4O/c1-11(2)16(24-26)10-25-17-7-13(8-22-15(17)9-23-25)12-4-3-5-14(6-12)18(19,20)21/h3-9,11,26H,10H2,1-2H3/b24-16-. The lowest BCUT2D eigenvalue weighted by molar-refractivity contribution is -0.137. The van der Waals surface area contributed by atoms with Gasteiger partial charge in [0.15, 0.2) is 0 Å². The molecule has 5 nitrogen and oxygen atoms in total. The van der Waals surface area contributed by atoms with Crippen LogP contribution in [0, 0.1) is 5.92 Å². The molecule has 2 aromatic heterocycles. The number of halogens is 3. The number of nitrogens with zero attached hydrogens (tertiary/aromatic N) is 4. The van der Waals surface area contributed by atoms with Crippen LogP contribution in [0.3, 0.4) is 0 Å². The number of rotatable bonds is 4. The number of hydrogen-bond donors (Lipinski definition) is 1. The van der Waals surface area contributed by atoms with Crippen molar-refractivity contribution in [2.24, 2.45) is 11.1 Å². The SMILES string of the molecule is CC(C)/C(Cn1ncc2ncc(-c3cccc(C(F)(F)F)c3)cc21)=N\O. The van der Waals surface area contributed by atoms with Crippen LogP contribution in [-0.4, -0.2) is 25.7 Å². The van der Waals surface area contributed by atoms with Crippen molar-refractivity contribution in [3.05, 3.63) is 48.3 Å². The van der Waals surface area contributed by atoms with Crippen molar-refractivity contribution in [2.45, 2.75) is 26.6 Å². The Balaban J connectivity index is 2.03. The highest BCUT2D eigenvalue weighted by atomic mass is 19.4. The predicted octanol–water partition coefficient (Wildman–Crippen LogP) is 4.60. The van der Waals surface area contributed by atoms with Gasteiger partial charge in [-0.15, -0.1) is 0 Å². The van der Waals surface area contributed by atoms with Gasteiger partial charge >= 0.3 is 6.18 Å². The molecule has 3 rings (SSSR count). The van der Waals surface area contributed by atoms with E-state index in [-0.39, 0.29) is 12.5 Å². The monoisotopic (exact) mass is 362 g/mol. The Kier molecular flexibility index (Phi) is 4.67. The molecule has 0 aliphatic rings. The van der Waals surface area contributed by atoms with E-state index >= 15 is 0 Å². The summed E-state index contributed by atoms with van der Waals surface area (Å²) >= 11 is 0.